The third-order valence-corrected chi connectivity index (χ3v) is 2.26. The van der Waals surface area contributed by atoms with E-state index in [1.165, 1.54) is 12.0 Å². The van der Waals surface area contributed by atoms with Crippen molar-refractivity contribution < 1.29 is 0 Å². The molecule has 2 atom stereocenters. The van der Waals surface area contributed by atoms with Crippen LogP contribution in [0.3, 0.4) is 0 Å². The minimum atomic E-state index is 0.814. The summed E-state index contributed by atoms with van der Waals surface area (Å²) < 4.78 is 1.88. The number of aromatic nitrogens is 2. The van der Waals surface area contributed by atoms with E-state index >= 15 is 0 Å². The van der Waals surface area contributed by atoms with Gasteiger partial charge in [-0.15, -0.1) is 0 Å². The normalized spacial score (nSPS) is 30.6. The molecule has 1 fully saturated rings. The zero-order valence-corrected chi connectivity index (χ0v) is 6.41. The first kappa shape index (κ1) is 5.96. The molecule has 0 spiro atoms. The molecule has 0 radical (unpaired) electrons. The highest BCUT2D eigenvalue weighted by Gasteiger charge is 2.34. The van der Waals surface area contributed by atoms with Crippen molar-refractivity contribution in [2.24, 2.45) is 13.0 Å². The summed E-state index contributed by atoms with van der Waals surface area (Å²) in [5, 5.41) is 4.13. The molecule has 0 aliphatic heterocycles. The first-order chi connectivity index (χ1) is 4.77. The van der Waals surface area contributed by atoms with Gasteiger partial charge >= 0.3 is 0 Å². The highest BCUT2D eigenvalue weighted by Crippen LogP contribution is 2.46. The van der Waals surface area contributed by atoms with Crippen molar-refractivity contribution in [2.45, 2.75) is 19.3 Å². The van der Waals surface area contributed by atoms with E-state index in [-0.39, 0.29) is 0 Å². The smallest absolute Gasteiger partial charge is 0.0524 e. The fourth-order valence-corrected chi connectivity index (χ4v) is 1.42. The summed E-state index contributed by atoms with van der Waals surface area (Å²) in [7, 11) is 1.97. The molecule has 0 saturated heterocycles. The lowest BCUT2D eigenvalue weighted by atomic mass is 10.2. The second-order valence-corrected chi connectivity index (χ2v) is 3.27. The maximum atomic E-state index is 4.13. The second-order valence-electron chi connectivity index (χ2n) is 3.27. The van der Waals surface area contributed by atoms with Gasteiger partial charge < -0.3 is 0 Å². The van der Waals surface area contributed by atoms with Crippen molar-refractivity contribution in [1.29, 1.82) is 0 Å². The SMILES string of the molecule is C[C@@H]1CC1c1cnn(C)c1. The molecule has 0 aromatic carbocycles. The Morgan fingerprint density at radius 2 is 2.40 bits per heavy atom. The highest BCUT2D eigenvalue weighted by atomic mass is 15.2. The summed E-state index contributed by atoms with van der Waals surface area (Å²) in [5.74, 6) is 1.71. The highest BCUT2D eigenvalue weighted by molar-refractivity contribution is 5.19. The molecule has 2 heteroatoms. The number of rotatable bonds is 1. The van der Waals surface area contributed by atoms with Gasteiger partial charge in [0.05, 0.1) is 6.20 Å². The van der Waals surface area contributed by atoms with Gasteiger partial charge in [-0.3, -0.25) is 4.68 Å². The second kappa shape index (κ2) is 1.84. The van der Waals surface area contributed by atoms with Crippen LogP contribution in [0, 0.1) is 5.92 Å². The largest absolute Gasteiger partial charge is 0.276 e. The molecule has 1 unspecified atom stereocenters. The average molecular weight is 136 g/mol. The molecule has 2 rings (SSSR count). The first-order valence-electron chi connectivity index (χ1n) is 3.76. The molecule has 1 aliphatic carbocycles. The Hall–Kier alpha value is -0.790. The first-order valence-corrected chi connectivity index (χ1v) is 3.76. The topological polar surface area (TPSA) is 17.8 Å². The average Bonchev–Trinajstić information content (AvgIpc) is 2.42. The Labute approximate surface area is 60.9 Å². The summed E-state index contributed by atoms with van der Waals surface area (Å²) in [4.78, 5) is 0. The van der Waals surface area contributed by atoms with Gasteiger partial charge in [-0.1, -0.05) is 6.92 Å². The van der Waals surface area contributed by atoms with Crippen molar-refractivity contribution in [2.75, 3.05) is 0 Å². The third kappa shape index (κ3) is 0.838. The van der Waals surface area contributed by atoms with Crippen LogP contribution >= 0.6 is 0 Å². The lowest BCUT2D eigenvalue weighted by Gasteiger charge is -1.86. The molecule has 0 bridgehead atoms. The zero-order chi connectivity index (χ0) is 7.14. The zero-order valence-electron chi connectivity index (χ0n) is 6.41. The Bertz CT molecular complexity index is 239. The van der Waals surface area contributed by atoms with Crippen LogP contribution in [0.15, 0.2) is 12.4 Å². The van der Waals surface area contributed by atoms with Crippen LogP contribution in [0.25, 0.3) is 0 Å². The molecule has 1 aromatic rings. The fourth-order valence-electron chi connectivity index (χ4n) is 1.42. The van der Waals surface area contributed by atoms with Crippen LogP contribution in [-0.2, 0) is 7.05 Å². The van der Waals surface area contributed by atoms with Crippen molar-refractivity contribution in [1.82, 2.24) is 9.78 Å². The van der Waals surface area contributed by atoms with E-state index in [0.29, 0.717) is 0 Å². The number of nitrogens with zero attached hydrogens (tertiary/aromatic N) is 2. The summed E-state index contributed by atoms with van der Waals surface area (Å²) in [6, 6.07) is 0. The molecule has 1 saturated carbocycles. The Balaban J connectivity index is 2.20. The van der Waals surface area contributed by atoms with E-state index in [0.717, 1.165) is 11.8 Å². The van der Waals surface area contributed by atoms with E-state index in [4.69, 9.17) is 0 Å². The van der Waals surface area contributed by atoms with E-state index in [1.54, 1.807) is 0 Å². The maximum Gasteiger partial charge on any atom is 0.0524 e. The number of hydrogen-bond acceptors (Lipinski definition) is 1. The van der Waals surface area contributed by atoms with Crippen LogP contribution < -0.4 is 0 Å². The fraction of sp³-hybridized carbons (Fsp3) is 0.625. The van der Waals surface area contributed by atoms with Crippen molar-refractivity contribution in [3.05, 3.63) is 18.0 Å². The van der Waals surface area contributed by atoms with Gasteiger partial charge in [0.1, 0.15) is 0 Å². The van der Waals surface area contributed by atoms with Gasteiger partial charge in [0, 0.05) is 13.2 Å². The molecule has 2 nitrogen and oxygen atoms in total. The van der Waals surface area contributed by atoms with E-state index < -0.39 is 0 Å². The lowest BCUT2D eigenvalue weighted by Crippen LogP contribution is -1.84. The van der Waals surface area contributed by atoms with Crippen LogP contribution in [0.2, 0.25) is 0 Å². The van der Waals surface area contributed by atoms with E-state index in [2.05, 4.69) is 18.2 Å². The lowest BCUT2D eigenvalue weighted by molar-refractivity contribution is 0.766. The Morgan fingerprint density at radius 3 is 2.80 bits per heavy atom. The third-order valence-electron chi connectivity index (χ3n) is 2.26. The molecule has 0 N–H and O–H groups in total. The molecular weight excluding hydrogens is 124 g/mol. The molecule has 1 heterocycles. The van der Waals surface area contributed by atoms with Crippen LogP contribution in [-0.4, -0.2) is 9.78 Å². The minimum absolute atomic E-state index is 0.814. The van der Waals surface area contributed by atoms with Crippen LogP contribution in [0.4, 0.5) is 0 Å². The van der Waals surface area contributed by atoms with Crippen molar-refractivity contribution in [3.8, 4) is 0 Å². The van der Waals surface area contributed by atoms with E-state index in [9.17, 15) is 0 Å². The van der Waals surface area contributed by atoms with Crippen molar-refractivity contribution in [3.63, 3.8) is 0 Å². The standard InChI is InChI=1S/C8H12N2/c1-6-3-8(6)7-4-9-10(2)5-7/h4-6,8H,3H2,1-2H3/t6-,8?/m1/s1. The summed E-state index contributed by atoms with van der Waals surface area (Å²) in [6.45, 7) is 2.29. The Morgan fingerprint density at radius 1 is 1.70 bits per heavy atom. The predicted octanol–water partition coefficient (Wildman–Crippen LogP) is 1.54. The van der Waals surface area contributed by atoms with Gasteiger partial charge in [0.15, 0.2) is 0 Å². The quantitative estimate of drug-likeness (QED) is 0.572. The van der Waals surface area contributed by atoms with Gasteiger partial charge in [-0.05, 0) is 23.8 Å². The number of hydrogen-bond donors (Lipinski definition) is 0. The molecule has 1 aliphatic rings. The number of aryl methyl sites for hydroxylation is 1. The van der Waals surface area contributed by atoms with Gasteiger partial charge in [-0.25, -0.2) is 0 Å². The summed E-state index contributed by atoms with van der Waals surface area (Å²) >= 11 is 0. The van der Waals surface area contributed by atoms with Gasteiger partial charge in [-0.2, -0.15) is 5.10 Å². The summed E-state index contributed by atoms with van der Waals surface area (Å²) in [6.07, 6.45) is 5.45. The van der Waals surface area contributed by atoms with Crippen LogP contribution in [0.1, 0.15) is 24.8 Å². The minimum Gasteiger partial charge on any atom is -0.276 e. The molecular formula is C8H12N2. The van der Waals surface area contributed by atoms with Gasteiger partial charge in [0.2, 0.25) is 0 Å². The summed E-state index contributed by atoms with van der Waals surface area (Å²) in [5.41, 5.74) is 1.41. The monoisotopic (exact) mass is 136 g/mol. The van der Waals surface area contributed by atoms with Gasteiger partial charge in [0.25, 0.3) is 0 Å². The van der Waals surface area contributed by atoms with Crippen molar-refractivity contribution >= 4 is 0 Å². The van der Waals surface area contributed by atoms with E-state index in [1.807, 2.05) is 17.9 Å². The molecule has 54 valence electrons. The Kier molecular flexibility index (Phi) is 1.10. The molecule has 0 amide bonds. The predicted molar refractivity (Wildman–Crippen MR) is 39.7 cm³/mol. The maximum absolute atomic E-state index is 4.13. The van der Waals surface area contributed by atoms with Crippen LogP contribution in [0.5, 0.6) is 0 Å². The molecule has 1 aromatic heterocycles. The molecule has 10 heavy (non-hydrogen) atoms.